The molecule has 1 fully saturated rings. The monoisotopic (exact) mass is 336 g/mol. The van der Waals surface area contributed by atoms with Crippen LogP contribution in [0.25, 0.3) is 0 Å². The number of hydrogen-bond acceptors (Lipinski definition) is 5. The Hall–Kier alpha value is -3.04. The second kappa shape index (κ2) is 7.69. The number of hydrogen-bond donors (Lipinski definition) is 2. The minimum Gasteiger partial charge on any atom is -0.495 e. The van der Waals surface area contributed by atoms with Gasteiger partial charge in [-0.1, -0.05) is 0 Å². The molecule has 2 aromatic rings. The van der Waals surface area contributed by atoms with Gasteiger partial charge in [-0.15, -0.1) is 0 Å². The number of ether oxygens (including phenoxy) is 1. The quantitative estimate of drug-likeness (QED) is 0.895. The zero-order valence-corrected chi connectivity index (χ0v) is 14.1. The molecular weight excluding hydrogens is 316 g/mol. The van der Waals surface area contributed by atoms with Gasteiger partial charge >= 0.3 is 0 Å². The molecule has 0 unspecified atom stereocenters. The van der Waals surface area contributed by atoms with Crippen molar-refractivity contribution in [3.8, 4) is 11.8 Å². The third-order valence-electron chi connectivity index (χ3n) is 4.19. The summed E-state index contributed by atoms with van der Waals surface area (Å²) in [7, 11) is 1.51. The molecule has 128 valence electrons. The van der Waals surface area contributed by atoms with E-state index in [1.54, 1.807) is 18.2 Å². The van der Waals surface area contributed by atoms with Crippen LogP contribution in [-0.2, 0) is 0 Å². The van der Waals surface area contributed by atoms with Crippen LogP contribution in [-0.4, -0.2) is 39.2 Å². The van der Waals surface area contributed by atoms with Crippen LogP contribution in [0.3, 0.4) is 0 Å². The summed E-state index contributed by atoms with van der Waals surface area (Å²) in [5.74, 6) is 0.250. The smallest absolute Gasteiger partial charge is 0.255 e. The lowest BCUT2D eigenvalue weighted by atomic mass is 10.1. The second-order valence-corrected chi connectivity index (χ2v) is 5.76. The van der Waals surface area contributed by atoms with E-state index in [4.69, 9.17) is 10.00 Å². The molecule has 25 heavy (non-hydrogen) atoms. The molecule has 0 radical (unpaired) electrons. The molecule has 0 aromatic heterocycles. The maximum atomic E-state index is 12.5. The highest BCUT2D eigenvalue weighted by atomic mass is 16.5. The van der Waals surface area contributed by atoms with Crippen LogP contribution in [0.5, 0.6) is 5.75 Å². The molecule has 0 aliphatic carbocycles. The Bertz CT molecular complexity index is 790. The molecule has 6 heteroatoms. The highest BCUT2D eigenvalue weighted by Gasteiger charge is 2.13. The lowest BCUT2D eigenvalue weighted by Gasteiger charge is -2.29. The van der Waals surface area contributed by atoms with Crippen molar-refractivity contribution in [2.24, 2.45) is 0 Å². The van der Waals surface area contributed by atoms with Crippen molar-refractivity contribution in [3.63, 3.8) is 0 Å². The second-order valence-electron chi connectivity index (χ2n) is 5.76. The van der Waals surface area contributed by atoms with Crippen molar-refractivity contribution >= 4 is 17.3 Å². The van der Waals surface area contributed by atoms with E-state index in [1.165, 1.54) is 7.11 Å². The van der Waals surface area contributed by atoms with Gasteiger partial charge in [-0.05, 0) is 36.4 Å². The maximum absolute atomic E-state index is 12.5. The molecule has 1 aliphatic rings. The van der Waals surface area contributed by atoms with E-state index in [0.29, 0.717) is 22.6 Å². The summed E-state index contributed by atoms with van der Waals surface area (Å²) >= 11 is 0. The molecule has 2 aromatic carbocycles. The predicted molar refractivity (Wildman–Crippen MR) is 97.2 cm³/mol. The van der Waals surface area contributed by atoms with E-state index in [0.717, 1.165) is 31.9 Å². The number of methoxy groups -OCH3 is 1. The zero-order valence-electron chi connectivity index (χ0n) is 14.1. The molecule has 1 saturated heterocycles. The summed E-state index contributed by atoms with van der Waals surface area (Å²) < 4.78 is 5.24. The number of carbonyl (C=O) groups is 1. The largest absolute Gasteiger partial charge is 0.495 e. The van der Waals surface area contributed by atoms with Crippen LogP contribution in [0.1, 0.15) is 15.9 Å². The Labute approximate surface area is 147 Å². The third-order valence-corrected chi connectivity index (χ3v) is 4.19. The number of nitriles is 1. The standard InChI is InChI=1S/C19H20N4O2/c1-25-18-12-14(13-20)2-7-17(18)22-19(24)15-3-5-16(6-4-15)23-10-8-21-9-11-23/h2-7,12,21H,8-11H2,1H3,(H,22,24). The molecule has 1 aliphatic heterocycles. The van der Waals surface area contributed by atoms with Gasteiger partial charge in [0.05, 0.1) is 24.4 Å². The molecule has 0 saturated carbocycles. The number of piperazine rings is 1. The summed E-state index contributed by atoms with van der Waals surface area (Å²) in [6, 6.07) is 14.5. The Kier molecular flexibility index (Phi) is 5.17. The van der Waals surface area contributed by atoms with Gasteiger partial charge in [0, 0.05) is 43.5 Å². The summed E-state index contributed by atoms with van der Waals surface area (Å²) in [4.78, 5) is 14.8. The lowest BCUT2D eigenvalue weighted by molar-refractivity contribution is 0.102. The first-order valence-electron chi connectivity index (χ1n) is 8.16. The van der Waals surface area contributed by atoms with Gasteiger partial charge in [0.25, 0.3) is 5.91 Å². The molecule has 2 N–H and O–H groups in total. The maximum Gasteiger partial charge on any atom is 0.255 e. The van der Waals surface area contributed by atoms with E-state index in [2.05, 4.69) is 15.5 Å². The van der Waals surface area contributed by atoms with Crippen molar-refractivity contribution in [2.45, 2.75) is 0 Å². The fraction of sp³-hybridized carbons (Fsp3) is 0.263. The van der Waals surface area contributed by atoms with Gasteiger partial charge in [0.2, 0.25) is 0 Å². The molecule has 1 heterocycles. The van der Waals surface area contributed by atoms with Gasteiger partial charge in [0.1, 0.15) is 5.75 Å². The minimum atomic E-state index is -0.213. The van der Waals surface area contributed by atoms with E-state index in [1.807, 2.05) is 30.3 Å². The Balaban J connectivity index is 1.72. The predicted octanol–water partition coefficient (Wildman–Crippen LogP) is 2.23. The van der Waals surface area contributed by atoms with Crippen LogP contribution >= 0.6 is 0 Å². The highest BCUT2D eigenvalue weighted by molar-refractivity contribution is 6.05. The lowest BCUT2D eigenvalue weighted by Crippen LogP contribution is -2.43. The van der Waals surface area contributed by atoms with Crippen LogP contribution in [0, 0.1) is 11.3 Å². The molecule has 0 atom stereocenters. The van der Waals surface area contributed by atoms with Crippen molar-refractivity contribution in [1.82, 2.24) is 5.32 Å². The van der Waals surface area contributed by atoms with Crippen LogP contribution in [0.4, 0.5) is 11.4 Å². The van der Waals surface area contributed by atoms with Crippen LogP contribution in [0.15, 0.2) is 42.5 Å². The van der Waals surface area contributed by atoms with Crippen molar-refractivity contribution in [1.29, 1.82) is 5.26 Å². The van der Waals surface area contributed by atoms with Crippen LogP contribution in [0.2, 0.25) is 0 Å². The number of nitrogens with zero attached hydrogens (tertiary/aromatic N) is 2. The first-order valence-corrected chi connectivity index (χ1v) is 8.16. The summed E-state index contributed by atoms with van der Waals surface area (Å²) in [6.45, 7) is 3.88. The molecule has 0 spiro atoms. The van der Waals surface area contributed by atoms with Crippen molar-refractivity contribution < 1.29 is 9.53 Å². The molecular formula is C19H20N4O2. The van der Waals surface area contributed by atoms with Gasteiger partial charge in [-0.25, -0.2) is 0 Å². The van der Waals surface area contributed by atoms with E-state index in [9.17, 15) is 4.79 Å². The highest BCUT2D eigenvalue weighted by Crippen LogP contribution is 2.26. The number of amides is 1. The Morgan fingerprint density at radius 2 is 1.92 bits per heavy atom. The fourth-order valence-corrected chi connectivity index (χ4v) is 2.81. The van der Waals surface area contributed by atoms with Gasteiger partial charge < -0.3 is 20.3 Å². The average molecular weight is 336 g/mol. The number of carbonyl (C=O) groups excluding carboxylic acids is 1. The van der Waals surface area contributed by atoms with Gasteiger partial charge in [0.15, 0.2) is 0 Å². The van der Waals surface area contributed by atoms with Crippen molar-refractivity contribution in [2.75, 3.05) is 43.5 Å². The Morgan fingerprint density at radius 1 is 1.20 bits per heavy atom. The van der Waals surface area contributed by atoms with E-state index >= 15 is 0 Å². The first-order chi connectivity index (χ1) is 12.2. The normalized spacial score (nSPS) is 13.8. The molecule has 3 rings (SSSR count). The summed E-state index contributed by atoms with van der Waals surface area (Å²) in [6.07, 6.45) is 0. The summed E-state index contributed by atoms with van der Waals surface area (Å²) in [5, 5.41) is 15.1. The minimum absolute atomic E-state index is 0.213. The Morgan fingerprint density at radius 3 is 2.56 bits per heavy atom. The number of anilines is 2. The van der Waals surface area contributed by atoms with Gasteiger partial charge in [-0.2, -0.15) is 5.26 Å². The first kappa shape index (κ1) is 16.8. The summed E-state index contributed by atoms with van der Waals surface area (Å²) in [5.41, 5.74) is 2.72. The number of rotatable bonds is 4. The molecule has 1 amide bonds. The zero-order chi connectivity index (χ0) is 17.6. The van der Waals surface area contributed by atoms with Gasteiger partial charge in [-0.3, -0.25) is 4.79 Å². The number of benzene rings is 2. The van der Waals surface area contributed by atoms with Crippen LogP contribution < -0.4 is 20.3 Å². The van der Waals surface area contributed by atoms with E-state index < -0.39 is 0 Å². The average Bonchev–Trinajstić information content (AvgIpc) is 2.69. The molecule has 6 nitrogen and oxygen atoms in total. The SMILES string of the molecule is COc1cc(C#N)ccc1NC(=O)c1ccc(N2CCNCC2)cc1. The fourth-order valence-electron chi connectivity index (χ4n) is 2.81. The van der Waals surface area contributed by atoms with Crippen molar-refractivity contribution in [3.05, 3.63) is 53.6 Å². The molecule has 0 bridgehead atoms. The topological polar surface area (TPSA) is 77.4 Å². The van der Waals surface area contributed by atoms with E-state index in [-0.39, 0.29) is 5.91 Å². The number of nitrogens with one attached hydrogen (secondary N) is 2. The third kappa shape index (κ3) is 3.90.